The van der Waals surface area contributed by atoms with Crippen LogP contribution in [0.2, 0.25) is 0 Å². The Bertz CT molecular complexity index is 441. The van der Waals surface area contributed by atoms with Crippen molar-refractivity contribution in [2.75, 3.05) is 38.0 Å². The van der Waals surface area contributed by atoms with Crippen molar-refractivity contribution in [1.82, 2.24) is 9.80 Å². The van der Waals surface area contributed by atoms with Gasteiger partial charge in [0.25, 0.3) is 0 Å². The average molecular weight is 279 g/mol. The van der Waals surface area contributed by atoms with E-state index < -0.39 is 0 Å². The lowest BCUT2D eigenvalue weighted by Gasteiger charge is -2.36. The van der Waals surface area contributed by atoms with Gasteiger partial charge in [-0.2, -0.15) is 0 Å². The Balaban J connectivity index is 1.87. The Morgan fingerprint density at radius 2 is 1.85 bits per heavy atom. The molecular formula is C15H22FN3O. The lowest BCUT2D eigenvalue weighted by Crippen LogP contribution is -2.52. The lowest BCUT2D eigenvalue weighted by atomic mass is 10.2. The van der Waals surface area contributed by atoms with E-state index >= 15 is 0 Å². The average Bonchev–Trinajstić information content (AvgIpc) is 2.49. The second-order valence-electron chi connectivity index (χ2n) is 5.14. The predicted molar refractivity (Wildman–Crippen MR) is 78.2 cm³/mol. The Labute approximate surface area is 119 Å². The maximum atomic E-state index is 12.8. The molecule has 0 bridgehead atoms. The van der Waals surface area contributed by atoms with E-state index in [9.17, 15) is 9.18 Å². The first-order valence-corrected chi connectivity index (χ1v) is 7.13. The summed E-state index contributed by atoms with van der Waals surface area (Å²) in [5, 5.41) is 2.83. The van der Waals surface area contributed by atoms with Gasteiger partial charge < -0.3 is 10.2 Å². The highest BCUT2D eigenvalue weighted by Crippen LogP contribution is 2.11. The number of rotatable bonds is 4. The Hall–Kier alpha value is -1.46. The Kier molecular flexibility index (Phi) is 5.09. The van der Waals surface area contributed by atoms with E-state index in [1.165, 1.54) is 12.1 Å². The van der Waals surface area contributed by atoms with Crippen molar-refractivity contribution in [2.45, 2.75) is 19.9 Å². The summed E-state index contributed by atoms with van der Waals surface area (Å²) < 4.78 is 12.8. The monoisotopic (exact) mass is 279 g/mol. The molecule has 1 amide bonds. The number of carbonyl (C=O) groups excluding carboxylic acids is 1. The van der Waals surface area contributed by atoms with Gasteiger partial charge in [-0.1, -0.05) is 6.92 Å². The van der Waals surface area contributed by atoms with Gasteiger partial charge >= 0.3 is 0 Å². The number of nitrogens with zero attached hydrogens (tertiary/aromatic N) is 2. The Morgan fingerprint density at radius 1 is 1.25 bits per heavy atom. The van der Waals surface area contributed by atoms with Crippen LogP contribution in [0.15, 0.2) is 24.3 Å². The molecule has 0 aliphatic carbocycles. The molecule has 0 radical (unpaired) electrons. The molecule has 20 heavy (non-hydrogen) atoms. The zero-order valence-electron chi connectivity index (χ0n) is 12.1. The third kappa shape index (κ3) is 3.77. The molecule has 5 heteroatoms. The van der Waals surface area contributed by atoms with Crippen LogP contribution in [0.25, 0.3) is 0 Å². The molecule has 1 N–H and O–H groups in total. The lowest BCUT2D eigenvalue weighted by molar-refractivity contribution is -0.121. The van der Waals surface area contributed by atoms with Gasteiger partial charge in [0.05, 0.1) is 6.04 Å². The van der Waals surface area contributed by atoms with E-state index in [-0.39, 0.29) is 17.8 Å². The van der Waals surface area contributed by atoms with Gasteiger partial charge in [0, 0.05) is 31.9 Å². The fraction of sp³-hybridized carbons (Fsp3) is 0.533. The second kappa shape index (κ2) is 6.81. The molecule has 1 heterocycles. The van der Waals surface area contributed by atoms with Gasteiger partial charge in [0.2, 0.25) is 5.91 Å². The topological polar surface area (TPSA) is 35.6 Å². The molecule has 1 saturated heterocycles. The molecular weight excluding hydrogens is 257 g/mol. The summed E-state index contributed by atoms with van der Waals surface area (Å²) in [6.45, 7) is 8.96. The molecule has 0 unspecified atom stereocenters. The molecule has 0 aromatic heterocycles. The van der Waals surface area contributed by atoms with Crippen molar-refractivity contribution >= 4 is 11.6 Å². The number of piperazine rings is 1. The van der Waals surface area contributed by atoms with Crippen molar-refractivity contribution in [2.24, 2.45) is 0 Å². The molecule has 0 saturated carbocycles. The minimum absolute atomic E-state index is 0.0402. The fourth-order valence-corrected chi connectivity index (χ4v) is 2.41. The minimum atomic E-state index is -0.299. The van der Waals surface area contributed by atoms with E-state index in [1.54, 1.807) is 12.1 Å². The first-order chi connectivity index (χ1) is 9.60. The van der Waals surface area contributed by atoms with Crippen LogP contribution in [0.4, 0.5) is 10.1 Å². The third-order valence-corrected chi connectivity index (χ3v) is 3.89. The molecule has 0 spiro atoms. The van der Waals surface area contributed by atoms with Gasteiger partial charge in [-0.3, -0.25) is 9.69 Å². The van der Waals surface area contributed by atoms with Gasteiger partial charge in [0.15, 0.2) is 0 Å². The van der Waals surface area contributed by atoms with Gasteiger partial charge in [-0.15, -0.1) is 0 Å². The number of anilines is 1. The van der Waals surface area contributed by atoms with Gasteiger partial charge in [-0.05, 0) is 37.7 Å². The quantitative estimate of drug-likeness (QED) is 0.912. The van der Waals surface area contributed by atoms with E-state index in [1.807, 2.05) is 6.92 Å². The molecule has 1 aromatic carbocycles. The van der Waals surface area contributed by atoms with Crippen LogP contribution in [-0.4, -0.2) is 54.5 Å². The van der Waals surface area contributed by atoms with E-state index in [0.29, 0.717) is 5.69 Å². The number of benzene rings is 1. The van der Waals surface area contributed by atoms with E-state index in [0.717, 1.165) is 32.7 Å². The highest BCUT2D eigenvalue weighted by molar-refractivity contribution is 5.94. The summed E-state index contributed by atoms with van der Waals surface area (Å²) in [6, 6.07) is 5.68. The SMILES string of the molecule is CCN1CCN([C@H](C)C(=O)Nc2ccc(F)cc2)CC1. The number of amides is 1. The second-order valence-corrected chi connectivity index (χ2v) is 5.14. The molecule has 1 atom stereocenters. The summed E-state index contributed by atoms with van der Waals surface area (Å²) in [6.07, 6.45) is 0. The molecule has 4 nitrogen and oxygen atoms in total. The largest absolute Gasteiger partial charge is 0.325 e. The van der Waals surface area contributed by atoms with Crippen molar-refractivity contribution in [1.29, 1.82) is 0 Å². The van der Waals surface area contributed by atoms with Crippen LogP contribution < -0.4 is 5.32 Å². The summed E-state index contributed by atoms with van der Waals surface area (Å²) in [5.41, 5.74) is 0.635. The third-order valence-electron chi connectivity index (χ3n) is 3.89. The van der Waals surface area contributed by atoms with E-state index in [2.05, 4.69) is 22.0 Å². The zero-order chi connectivity index (χ0) is 14.5. The molecule has 1 aromatic rings. The molecule has 1 aliphatic heterocycles. The minimum Gasteiger partial charge on any atom is -0.325 e. The van der Waals surface area contributed by atoms with Crippen LogP contribution in [0.1, 0.15) is 13.8 Å². The van der Waals surface area contributed by atoms with E-state index in [4.69, 9.17) is 0 Å². The predicted octanol–water partition coefficient (Wildman–Crippen LogP) is 1.79. The number of carbonyl (C=O) groups is 1. The van der Waals surface area contributed by atoms with Crippen LogP contribution in [0.3, 0.4) is 0 Å². The number of nitrogens with one attached hydrogen (secondary N) is 1. The van der Waals surface area contributed by atoms with Crippen LogP contribution >= 0.6 is 0 Å². The summed E-state index contributed by atoms with van der Waals surface area (Å²) in [7, 11) is 0. The maximum Gasteiger partial charge on any atom is 0.241 e. The molecule has 1 fully saturated rings. The fourth-order valence-electron chi connectivity index (χ4n) is 2.41. The highest BCUT2D eigenvalue weighted by Gasteiger charge is 2.24. The Morgan fingerprint density at radius 3 is 2.40 bits per heavy atom. The number of likely N-dealkylation sites (N-methyl/N-ethyl adjacent to an activating group) is 1. The summed E-state index contributed by atoms with van der Waals surface area (Å²) >= 11 is 0. The van der Waals surface area contributed by atoms with Crippen LogP contribution in [-0.2, 0) is 4.79 Å². The van der Waals surface area contributed by atoms with Crippen molar-refractivity contribution in [3.63, 3.8) is 0 Å². The number of halogens is 1. The van der Waals surface area contributed by atoms with Crippen molar-refractivity contribution in [3.8, 4) is 0 Å². The van der Waals surface area contributed by atoms with Crippen molar-refractivity contribution in [3.05, 3.63) is 30.1 Å². The highest BCUT2D eigenvalue weighted by atomic mass is 19.1. The molecule has 110 valence electrons. The standard InChI is InChI=1S/C15H22FN3O/c1-3-18-8-10-19(11-9-18)12(2)15(20)17-14-6-4-13(16)5-7-14/h4-7,12H,3,8-11H2,1-2H3,(H,17,20)/t12-/m1/s1. The summed E-state index contributed by atoms with van der Waals surface area (Å²) in [4.78, 5) is 16.7. The van der Waals surface area contributed by atoms with Crippen LogP contribution in [0, 0.1) is 5.82 Å². The number of hydrogen-bond donors (Lipinski definition) is 1. The first kappa shape index (κ1) is 14.9. The number of hydrogen-bond acceptors (Lipinski definition) is 3. The molecule has 1 aliphatic rings. The normalized spacial score (nSPS) is 18.8. The maximum absolute atomic E-state index is 12.8. The van der Waals surface area contributed by atoms with Gasteiger partial charge in [-0.25, -0.2) is 4.39 Å². The molecule has 2 rings (SSSR count). The van der Waals surface area contributed by atoms with Crippen LogP contribution in [0.5, 0.6) is 0 Å². The van der Waals surface area contributed by atoms with Crippen molar-refractivity contribution < 1.29 is 9.18 Å². The first-order valence-electron chi connectivity index (χ1n) is 7.13. The van der Waals surface area contributed by atoms with Gasteiger partial charge in [0.1, 0.15) is 5.82 Å². The zero-order valence-corrected chi connectivity index (χ0v) is 12.1. The smallest absolute Gasteiger partial charge is 0.241 e. The summed E-state index contributed by atoms with van der Waals surface area (Å²) in [5.74, 6) is -0.340.